The lowest BCUT2D eigenvalue weighted by molar-refractivity contribution is -0.120. The molecule has 1 fully saturated rings. The summed E-state index contributed by atoms with van der Waals surface area (Å²) in [6, 6.07) is 2.49. The SMILES string of the molecule is Cn1nc(NC(=O)N2CCC(=O)CC2)ccc1=O. The minimum atomic E-state index is -0.298. The van der Waals surface area contributed by atoms with Crippen LogP contribution >= 0.6 is 0 Å². The highest BCUT2D eigenvalue weighted by atomic mass is 16.2. The van der Waals surface area contributed by atoms with E-state index in [9.17, 15) is 14.4 Å². The molecule has 1 aliphatic rings. The van der Waals surface area contributed by atoms with Gasteiger partial charge in [0.25, 0.3) is 5.56 Å². The van der Waals surface area contributed by atoms with Crippen molar-refractivity contribution in [3.8, 4) is 0 Å². The van der Waals surface area contributed by atoms with E-state index in [0.717, 1.165) is 4.68 Å². The Labute approximate surface area is 103 Å². The summed E-state index contributed by atoms with van der Waals surface area (Å²) in [6.07, 6.45) is 0.794. The molecule has 2 rings (SSSR count). The zero-order valence-corrected chi connectivity index (χ0v) is 10.0. The molecule has 0 bridgehead atoms. The molecule has 0 unspecified atom stereocenters. The van der Waals surface area contributed by atoms with E-state index in [1.165, 1.54) is 19.2 Å². The van der Waals surface area contributed by atoms with Gasteiger partial charge in [0, 0.05) is 39.0 Å². The molecule has 2 amide bonds. The van der Waals surface area contributed by atoms with Gasteiger partial charge >= 0.3 is 6.03 Å². The van der Waals surface area contributed by atoms with E-state index < -0.39 is 0 Å². The average Bonchev–Trinajstić information content (AvgIpc) is 2.34. The Morgan fingerprint density at radius 2 is 1.94 bits per heavy atom. The molecule has 0 atom stereocenters. The van der Waals surface area contributed by atoms with Crippen LogP contribution in [0, 0.1) is 0 Å². The number of aryl methyl sites for hydroxylation is 1. The van der Waals surface area contributed by atoms with Gasteiger partial charge in [-0.15, -0.1) is 0 Å². The number of nitrogens with one attached hydrogen (secondary N) is 1. The van der Waals surface area contributed by atoms with E-state index in [1.54, 1.807) is 4.90 Å². The highest BCUT2D eigenvalue weighted by Gasteiger charge is 2.20. The molecular weight excluding hydrogens is 236 g/mol. The van der Waals surface area contributed by atoms with Crippen LogP contribution in [0.1, 0.15) is 12.8 Å². The molecule has 0 aromatic carbocycles. The first-order valence-corrected chi connectivity index (χ1v) is 5.68. The normalized spacial score (nSPS) is 15.6. The summed E-state index contributed by atoms with van der Waals surface area (Å²) in [5.74, 6) is 0.498. The third-order valence-electron chi connectivity index (χ3n) is 2.80. The van der Waals surface area contributed by atoms with Gasteiger partial charge in [0.15, 0.2) is 5.82 Å². The number of rotatable bonds is 1. The van der Waals surface area contributed by atoms with Crippen molar-refractivity contribution in [1.82, 2.24) is 14.7 Å². The number of carbonyl (C=O) groups is 2. The first kappa shape index (κ1) is 12.3. The number of urea groups is 1. The number of nitrogens with zero attached hydrogens (tertiary/aromatic N) is 3. The molecule has 1 aliphatic heterocycles. The minimum absolute atomic E-state index is 0.180. The van der Waals surface area contributed by atoms with Gasteiger partial charge in [-0.25, -0.2) is 9.48 Å². The summed E-state index contributed by atoms with van der Waals surface area (Å²) < 4.78 is 1.15. The fourth-order valence-electron chi connectivity index (χ4n) is 1.72. The molecular formula is C11H14N4O3. The number of amides is 2. The number of piperidine rings is 1. The molecule has 7 nitrogen and oxygen atoms in total. The van der Waals surface area contributed by atoms with Gasteiger partial charge < -0.3 is 4.90 Å². The van der Waals surface area contributed by atoms with Crippen molar-refractivity contribution < 1.29 is 9.59 Å². The van der Waals surface area contributed by atoms with E-state index in [0.29, 0.717) is 31.7 Å². The number of ketones is 1. The Kier molecular flexibility index (Phi) is 3.40. The Hall–Kier alpha value is -2.18. The van der Waals surface area contributed by atoms with Crippen molar-refractivity contribution in [3.05, 3.63) is 22.5 Å². The Morgan fingerprint density at radius 3 is 2.56 bits per heavy atom. The van der Waals surface area contributed by atoms with Crippen LogP contribution in [0.4, 0.5) is 10.6 Å². The maximum Gasteiger partial charge on any atom is 0.323 e. The van der Waals surface area contributed by atoms with Crippen molar-refractivity contribution in [3.63, 3.8) is 0 Å². The fourth-order valence-corrected chi connectivity index (χ4v) is 1.72. The standard InChI is InChI=1S/C11H14N4O3/c1-14-10(17)3-2-9(13-14)12-11(18)15-6-4-8(16)5-7-15/h2-3H,4-7H2,1H3,(H,12,13,18). The summed E-state index contributed by atoms with van der Waals surface area (Å²) in [6.45, 7) is 0.854. The molecule has 1 N–H and O–H groups in total. The second-order valence-electron chi connectivity index (χ2n) is 4.14. The fraction of sp³-hybridized carbons (Fsp3) is 0.455. The van der Waals surface area contributed by atoms with Gasteiger partial charge in [0.2, 0.25) is 0 Å². The molecule has 1 aromatic heterocycles. The van der Waals surface area contributed by atoms with Crippen LogP contribution in [0.25, 0.3) is 0 Å². The van der Waals surface area contributed by atoms with Gasteiger partial charge in [0.05, 0.1) is 0 Å². The molecule has 7 heteroatoms. The molecule has 0 saturated carbocycles. The average molecular weight is 250 g/mol. The lowest BCUT2D eigenvalue weighted by Crippen LogP contribution is -2.41. The third-order valence-corrected chi connectivity index (χ3v) is 2.80. The summed E-state index contributed by atoms with van der Waals surface area (Å²) >= 11 is 0. The predicted octanol–water partition coefficient (Wildman–Crippen LogP) is -0.0229. The van der Waals surface area contributed by atoms with Crippen molar-refractivity contribution >= 4 is 17.6 Å². The number of carbonyl (C=O) groups excluding carboxylic acids is 2. The first-order valence-electron chi connectivity index (χ1n) is 5.68. The summed E-state index contributed by atoms with van der Waals surface area (Å²) in [5, 5.41) is 6.50. The van der Waals surface area contributed by atoms with Gasteiger partial charge in [-0.2, -0.15) is 5.10 Å². The van der Waals surface area contributed by atoms with Gasteiger partial charge in [-0.3, -0.25) is 14.9 Å². The van der Waals surface area contributed by atoms with Crippen LogP contribution in [0.5, 0.6) is 0 Å². The van der Waals surface area contributed by atoms with Crippen molar-refractivity contribution in [1.29, 1.82) is 0 Å². The predicted molar refractivity (Wildman–Crippen MR) is 64.3 cm³/mol. The molecule has 18 heavy (non-hydrogen) atoms. The van der Waals surface area contributed by atoms with Crippen LogP contribution in [0.15, 0.2) is 16.9 Å². The zero-order valence-electron chi connectivity index (χ0n) is 10.0. The van der Waals surface area contributed by atoms with Gasteiger partial charge in [-0.1, -0.05) is 0 Å². The molecule has 1 saturated heterocycles. The number of hydrogen-bond donors (Lipinski definition) is 1. The molecule has 2 heterocycles. The Morgan fingerprint density at radius 1 is 1.28 bits per heavy atom. The number of anilines is 1. The van der Waals surface area contributed by atoms with Crippen molar-refractivity contribution in [2.75, 3.05) is 18.4 Å². The highest BCUT2D eigenvalue weighted by molar-refractivity contribution is 5.90. The smallest absolute Gasteiger partial charge is 0.323 e. The molecule has 96 valence electrons. The van der Waals surface area contributed by atoms with Gasteiger partial charge in [-0.05, 0) is 6.07 Å². The van der Waals surface area contributed by atoms with Gasteiger partial charge in [0.1, 0.15) is 5.78 Å². The van der Waals surface area contributed by atoms with E-state index in [-0.39, 0.29) is 17.4 Å². The Bertz CT molecular complexity index is 527. The van der Waals surface area contributed by atoms with Crippen LogP contribution in [0.2, 0.25) is 0 Å². The zero-order chi connectivity index (χ0) is 13.1. The molecule has 1 aromatic rings. The largest absolute Gasteiger partial charge is 0.324 e. The number of Topliss-reactive ketones (excluding diaryl/α,β-unsaturated/α-hetero) is 1. The first-order chi connectivity index (χ1) is 8.56. The maximum absolute atomic E-state index is 11.8. The van der Waals surface area contributed by atoms with Crippen LogP contribution in [-0.2, 0) is 11.8 Å². The molecule has 0 aliphatic carbocycles. The Balaban J connectivity index is 2.00. The highest BCUT2D eigenvalue weighted by Crippen LogP contribution is 2.08. The topological polar surface area (TPSA) is 84.3 Å². The second kappa shape index (κ2) is 4.99. The van der Waals surface area contributed by atoms with Crippen LogP contribution < -0.4 is 10.9 Å². The van der Waals surface area contributed by atoms with Crippen molar-refractivity contribution in [2.24, 2.45) is 7.05 Å². The monoisotopic (exact) mass is 250 g/mol. The molecule has 0 spiro atoms. The maximum atomic E-state index is 11.8. The van der Waals surface area contributed by atoms with E-state index in [1.807, 2.05) is 0 Å². The molecule has 0 radical (unpaired) electrons. The lowest BCUT2D eigenvalue weighted by Gasteiger charge is -2.25. The van der Waals surface area contributed by atoms with Crippen LogP contribution in [0.3, 0.4) is 0 Å². The second-order valence-corrected chi connectivity index (χ2v) is 4.14. The number of likely N-dealkylation sites (tertiary alicyclic amines) is 1. The third kappa shape index (κ3) is 2.73. The quantitative estimate of drug-likeness (QED) is 0.759. The number of aromatic nitrogens is 2. The summed E-state index contributed by atoms with van der Waals surface area (Å²) in [7, 11) is 1.51. The minimum Gasteiger partial charge on any atom is -0.324 e. The lowest BCUT2D eigenvalue weighted by atomic mass is 10.1. The number of hydrogen-bond acceptors (Lipinski definition) is 4. The summed E-state index contributed by atoms with van der Waals surface area (Å²) in [5.41, 5.74) is -0.239. The van der Waals surface area contributed by atoms with E-state index in [2.05, 4.69) is 10.4 Å². The van der Waals surface area contributed by atoms with Crippen molar-refractivity contribution in [2.45, 2.75) is 12.8 Å². The summed E-state index contributed by atoms with van der Waals surface area (Å²) in [4.78, 5) is 35.6. The van der Waals surface area contributed by atoms with Crippen LogP contribution in [-0.4, -0.2) is 39.6 Å². The van der Waals surface area contributed by atoms with E-state index >= 15 is 0 Å². The van der Waals surface area contributed by atoms with E-state index in [4.69, 9.17) is 0 Å².